The van der Waals surface area contributed by atoms with Gasteiger partial charge in [-0.15, -0.1) is 0 Å². The van der Waals surface area contributed by atoms with E-state index in [0.717, 1.165) is 25.4 Å². The van der Waals surface area contributed by atoms with Crippen LogP contribution in [0.4, 0.5) is 0 Å². The molecule has 0 aliphatic rings. The van der Waals surface area contributed by atoms with Gasteiger partial charge >= 0.3 is 0 Å². The van der Waals surface area contributed by atoms with Crippen molar-refractivity contribution in [3.05, 3.63) is 29.8 Å². The molecule has 0 radical (unpaired) electrons. The monoisotopic (exact) mass is 207 g/mol. The highest BCUT2D eigenvalue weighted by molar-refractivity contribution is 5.28. The Morgan fingerprint density at radius 3 is 2.80 bits per heavy atom. The van der Waals surface area contributed by atoms with Gasteiger partial charge in [-0.25, -0.2) is 0 Å². The van der Waals surface area contributed by atoms with Gasteiger partial charge in [-0.3, -0.25) is 0 Å². The molecule has 1 N–H and O–H groups in total. The standard InChI is InChI=1S/C13H21NO/c1-4-14-9-12-6-5-7-13(8-12)15-10-11(2)3/h5-8,11,14H,4,9-10H2,1-3H3. The van der Waals surface area contributed by atoms with Crippen molar-refractivity contribution in [2.45, 2.75) is 27.3 Å². The minimum absolute atomic E-state index is 0.572. The summed E-state index contributed by atoms with van der Waals surface area (Å²) in [6.07, 6.45) is 0. The number of hydrogen-bond acceptors (Lipinski definition) is 2. The molecule has 0 saturated carbocycles. The smallest absolute Gasteiger partial charge is 0.119 e. The van der Waals surface area contributed by atoms with E-state index < -0.39 is 0 Å². The molecule has 0 spiro atoms. The summed E-state index contributed by atoms with van der Waals surface area (Å²) >= 11 is 0. The van der Waals surface area contributed by atoms with Crippen LogP contribution in [0.15, 0.2) is 24.3 Å². The third-order valence-electron chi connectivity index (χ3n) is 2.06. The van der Waals surface area contributed by atoms with Crippen molar-refractivity contribution in [1.82, 2.24) is 5.32 Å². The summed E-state index contributed by atoms with van der Waals surface area (Å²) in [5, 5.41) is 3.30. The molecule has 2 heteroatoms. The van der Waals surface area contributed by atoms with Gasteiger partial charge in [0.05, 0.1) is 6.61 Å². The highest BCUT2D eigenvalue weighted by Crippen LogP contribution is 2.14. The zero-order valence-corrected chi connectivity index (χ0v) is 9.92. The molecule has 0 aromatic heterocycles. The van der Waals surface area contributed by atoms with E-state index in [1.165, 1.54) is 5.56 Å². The van der Waals surface area contributed by atoms with E-state index in [1.807, 2.05) is 12.1 Å². The number of benzene rings is 1. The Labute approximate surface area is 92.6 Å². The van der Waals surface area contributed by atoms with Crippen molar-refractivity contribution >= 4 is 0 Å². The number of rotatable bonds is 6. The van der Waals surface area contributed by atoms with Crippen LogP contribution >= 0.6 is 0 Å². The van der Waals surface area contributed by atoms with Gasteiger partial charge in [-0.1, -0.05) is 32.9 Å². The van der Waals surface area contributed by atoms with Crippen LogP contribution in [0.1, 0.15) is 26.3 Å². The predicted octanol–water partition coefficient (Wildman–Crippen LogP) is 2.83. The van der Waals surface area contributed by atoms with E-state index in [1.54, 1.807) is 0 Å². The average Bonchev–Trinajstić information content (AvgIpc) is 2.24. The van der Waals surface area contributed by atoms with Crippen molar-refractivity contribution < 1.29 is 4.74 Å². The summed E-state index contributed by atoms with van der Waals surface area (Å²) in [7, 11) is 0. The van der Waals surface area contributed by atoms with Gasteiger partial charge in [0.1, 0.15) is 5.75 Å². The van der Waals surface area contributed by atoms with Crippen LogP contribution < -0.4 is 10.1 Å². The molecule has 0 heterocycles. The zero-order valence-electron chi connectivity index (χ0n) is 9.92. The quantitative estimate of drug-likeness (QED) is 0.774. The normalized spacial score (nSPS) is 10.7. The van der Waals surface area contributed by atoms with Crippen LogP contribution in [-0.2, 0) is 6.54 Å². The van der Waals surface area contributed by atoms with Crippen LogP contribution in [-0.4, -0.2) is 13.2 Å². The fourth-order valence-corrected chi connectivity index (χ4v) is 1.28. The van der Waals surface area contributed by atoms with Crippen LogP contribution in [0.2, 0.25) is 0 Å². The van der Waals surface area contributed by atoms with Crippen LogP contribution in [0, 0.1) is 5.92 Å². The SMILES string of the molecule is CCNCc1cccc(OCC(C)C)c1. The summed E-state index contributed by atoms with van der Waals surface area (Å²) in [5.41, 5.74) is 1.28. The Hall–Kier alpha value is -1.02. The minimum atomic E-state index is 0.572. The average molecular weight is 207 g/mol. The summed E-state index contributed by atoms with van der Waals surface area (Å²) in [6.45, 7) is 9.11. The number of ether oxygens (including phenoxy) is 1. The van der Waals surface area contributed by atoms with Crippen molar-refractivity contribution in [3.8, 4) is 5.75 Å². The Kier molecular flexibility index (Phi) is 5.19. The first kappa shape index (κ1) is 12.1. The second-order valence-corrected chi connectivity index (χ2v) is 4.13. The maximum atomic E-state index is 5.66. The van der Waals surface area contributed by atoms with E-state index in [0.29, 0.717) is 5.92 Å². The Balaban J connectivity index is 2.50. The first-order valence-corrected chi connectivity index (χ1v) is 5.64. The van der Waals surface area contributed by atoms with Gasteiger partial charge in [0.25, 0.3) is 0 Å². The topological polar surface area (TPSA) is 21.3 Å². The van der Waals surface area contributed by atoms with Gasteiger partial charge in [-0.2, -0.15) is 0 Å². The van der Waals surface area contributed by atoms with Crippen LogP contribution in [0.3, 0.4) is 0 Å². The lowest BCUT2D eigenvalue weighted by Crippen LogP contribution is -2.11. The molecule has 84 valence electrons. The molecular formula is C13H21NO. The Morgan fingerprint density at radius 1 is 1.33 bits per heavy atom. The van der Waals surface area contributed by atoms with Crippen LogP contribution in [0.5, 0.6) is 5.75 Å². The van der Waals surface area contributed by atoms with Gasteiger partial charge < -0.3 is 10.1 Å². The minimum Gasteiger partial charge on any atom is -0.493 e. The molecule has 15 heavy (non-hydrogen) atoms. The molecule has 0 fully saturated rings. The lowest BCUT2D eigenvalue weighted by atomic mass is 10.2. The van der Waals surface area contributed by atoms with E-state index in [4.69, 9.17) is 4.74 Å². The fourth-order valence-electron chi connectivity index (χ4n) is 1.28. The second kappa shape index (κ2) is 6.46. The van der Waals surface area contributed by atoms with Crippen molar-refractivity contribution in [2.24, 2.45) is 5.92 Å². The molecule has 1 aromatic carbocycles. The van der Waals surface area contributed by atoms with Gasteiger partial charge in [-0.05, 0) is 30.2 Å². The maximum Gasteiger partial charge on any atom is 0.119 e. The van der Waals surface area contributed by atoms with Gasteiger partial charge in [0, 0.05) is 6.54 Å². The molecule has 2 nitrogen and oxygen atoms in total. The van der Waals surface area contributed by atoms with Crippen LogP contribution in [0.25, 0.3) is 0 Å². The summed E-state index contributed by atoms with van der Waals surface area (Å²) in [6, 6.07) is 8.27. The predicted molar refractivity (Wildman–Crippen MR) is 64.2 cm³/mol. The van der Waals surface area contributed by atoms with E-state index in [9.17, 15) is 0 Å². The molecule has 1 aromatic rings. The lowest BCUT2D eigenvalue weighted by molar-refractivity contribution is 0.271. The molecule has 0 unspecified atom stereocenters. The molecule has 0 saturated heterocycles. The maximum absolute atomic E-state index is 5.66. The van der Waals surface area contributed by atoms with E-state index >= 15 is 0 Å². The van der Waals surface area contributed by atoms with Crippen molar-refractivity contribution in [1.29, 1.82) is 0 Å². The molecule has 1 rings (SSSR count). The molecule has 0 amide bonds. The fraction of sp³-hybridized carbons (Fsp3) is 0.538. The largest absolute Gasteiger partial charge is 0.493 e. The van der Waals surface area contributed by atoms with E-state index in [2.05, 4.69) is 38.2 Å². The third-order valence-corrected chi connectivity index (χ3v) is 2.06. The highest BCUT2D eigenvalue weighted by Gasteiger charge is 1.98. The molecule has 0 atom stereocenters. The molecule has 0 aliphatic carbocycles. The van der Waals surface area contributed by atoms with Crippen molar-refractivity contribution in [2.75, 3.05) is 13.2 Å². The lowest BCUT2D eigenvalue weighted by Gasteiger charge is -2.10. The zero-order chi connectivity index (χ0) is 11.1. The van der Waals surface area contributed by atoms with Gasteiger partial charge in [0.15, 0.2) is 0 Å². The van der Waals surface area contributed by atoms with Gasteiger partial charge in [0.2, 0.25) is 0 Å². The molecular weight excluding hydrogens is 186 g/mol. The first-order chi connectivity index (χ1) is 7.22. The van der Waals surface area contributed by atoms with E-state index in [-0.39, 0.29) is 0 Å². The molecule has 0 bridgehead atoms. The Bertz CT molecular complexity index is 284. The Morgan fingerprint density at radius 2 is 2.13 bits per heavy atom. The van der Waals surface area contributed by atoms with Crippen molar-refractivity contribution in [3.63, 3.8) is 0 Å². The summed E-state index contributed by atoms with van der Waals surface area (Å²) in [5.74, 6) is 1.54. The summed E-state index contributed by atoms with van der Waals surface area (Å²) < 4.78 is 5.66. The third kappa shape index (κ3) is 4.84. The highest BCUT2D eigenvalue weighted by atomic mass is 16.5. The summed E-state index contributed by atoms with van der Waals surface area (Å²) in [4.78, 5) is 0. The number of hydrogen-bond donors (Lipinski definition) is 1. The second-order valence-electron chi connectivity index (χ2n) is 4.13. The number of nitrogens with one attached hydrogen (secondary N) is 1. The first-order valence-electron chi connectivity index (χ1n) is 5.64. The molecule has 0 aliphatic heterocycles.